The lowest BCUT2D eigenvalue weighted by molar-refractivity contribution is -0.385. The standard InChI is InChI=1S/C17H16N2O6S/c1-18(13-7-8-13)17(20)12-5-9-15(10-6-12)25-26(23,24)16-4-2-3-14(11-16)19(21)22/h2-6,9-11,13H,7-8H2,1H3. The molecule has 0 aliphatic heterocycles. The molecule has 9 heteroatoms. The number of nitro groups is 1. The van der Waals surface area contributed by atoms with Gasteiger partial charge in [0.25, 0.3) is 11.6 Å². The number of rotatable bonds is 6. The molecule has 2 aromatic rings. The molecule has 0 aromatic heterocycles. The summed E-state index contributed by atoms with van der Waals surface area (Å²) in [6, 6.07) is 10.6. The van der Waals surface area contributed by atoms with Crippen LogP contribution in [0.5, 0.6) is 5.75 Å². The van der Waals surface area contributed by atoms with Gasteiger partial charge in [0, 0.05) is 30.8 Å². The van der Waals surface area contributed by atoms with E-state index in [2.05, 4.69) is 0 Å². The maximum atomic E-state index is 12.3. The van der Waals surface area contributed by atoms with Crippen molar-refractivity contribution >= 4 is 21.7 Å². The maximum absolute atomic E-state index is 12.3. The first-order chi connectivity index (χ1) is 12.3. The lowest BCUT2D eigenvalue weighted by Gasteiger charge is -2.16. The number of hydrogen-bond donors (Lipinski definition) is 0. The zero-order valence-corrected chi connectivity index (χ0v) is 14.7. The minimum Gasteiger partial charge on any atom is -0.379 e. The van der Waals surface area contributed by atoms with Crippen LogP contribution in [0.15, 0.2) is 53.4 Å². The van der Waals surface area contributed by atoms with E-state index in [1.54, 1.807) is 11.9 Å². The average Bonchev–Trinajstić information content (AvgIpc) is 3.46. The van der Waals surface area contributed by atoms with Crippen molar-refractivity contribution in [3.05, 3.63) is 64.2 Å². The number of hydrogen-bond acceptors (Lipinski definition) is 6. The molecule has 0 bridgehead atoms. The second kappa shape index (κ2) is 6.75. The van der Waals surface area contributed by atoms with Gasteiger partial charge in [-0.3, -0.25) is 14.9 Å². The van der Waals surface area contributed by atoms with Crippen molar-refractivity contribution in [2.75, 3.05) is 7.05 Å². The Kier molecular flexibility index (Phi) is 4.64. The molecule has 1 amide bonds. The number of nitrogens with zero attached hydrogens (tertiary/aromatic N) is 2. The van der Waals surface area contributed by atoms with Crippen LogP contribution in [-0.4, -0.2) is 37.2 Å². The summed E-state index contributed by atoms with van der Waals surface area (Å²) in [5, 5.41) is 10.8. The maximum Gasteiger partial charge on any atom is 0.339 e. The fraction of sp³-hybridized carbons (Fsp3) is 0.235. The highest BCUT2D eigenvalue weighted by Crippen LogP contribution is 2.27. The Bertz CT molecular complexity index is 951. The van der Waals surface area contributed by atoms with Crippen molar-refractivity contribution in [3.8, 4) is 5.75 Å². The monoisotopic (exact) mass is 376 g/mol. The van der Waals surface area contributed by atoms with Crippen LogP contribution in [0.4, 0.5) is 5.69 Å². The van der Waals surface area contributed by atoms with E-state index in [1.807, 2.05) is 0 Å². The summed E-state index contributed by atoms with van der Waals surface area (Å²) in [6.45, 7) is 0. The Balaban J connectivity index is 1.76. The highest BCUT2D eigenvalue weighted by atomic mass is 32.2. The normalized spacial score (nSPS) is 13.9. The molecule has 8 nitrogen and oxygen atoms in total. The summed E-state index contributed by atoms with van der Waals surface area (Å²) in [5.41, 5.74) is 0.0817. The van der Waals surface area contributed by atoms with Crippen molar-refractivity contribution in [3.63, 3.8) is 0 Å². The minimum absolute atomic E-state index is 0.0159. The SMILES string of the molecule is CN(C(=O)c1ccc(OS(=O)(=O)c2cccc([N+](=O)[O-])c2)cc1)C1CC1. The van der Waals surface area contributed by atoms with E-state index in [1.165, 1.54) is 42.5 Å². The van der Waals surface area contributed by atoms with E-state index in [0.29, 0.717) is 5.56 Å². The minimum atomic E-state index is -4.22. The highest BCUT2D eigenvalue weighted by Gasteiger charge is 2.30. The summed E-state index contributed by atoms with van der Waals surface area (Å²) >= 11 is 0. The average molecular weight is 376 g/mol. The summed E-state index contributed by atoms with van der Waals surface area (Å²) in [7, 11) is -2.49. The molecule has 0 saturated heterocycles. The van der Waals surface area contributed by atoms with Gasteiger partial charge in [0.05, 0.1) is 4.92 Å². The number of amides is 1. The molecule has 0 spiro atoms. The van der Waals surface area contributed by atoms with Crippen LogP contribution in [0.1, 0.15) is 23.2 Å². The largest absolute Gasteiger partial charge is 0.379 e. The fourth-order valence-corrected chi connectivity index (χ4v) is 3.38. The molecular weight excluding hydrogens is 360 g/mol. The summed E-state index contributed by atoms with van der Waals surface area (Å²) in [5.74, 6) is -0.122. The molecule has 0 N–H and O–H groups in total. The van der Waals surface area contributed by atoms with Gasteiger partial charge < -0.3 is 9.08 Å². The van der Waals surface area contributed by atoms with Crippen molar-refractivity contribution in [1.29, 1.82) is 0 Å². The first-order valence-electron chi connectivity index (χ1n) is 7.84. The van der Waals surface area contributed by atoms with E-state index < -0.39 is 15.0 Å². The Morgan fingerprint density at radius 1 is 1.19 bits per heavy atom. The third-order valence-corrected chi connectivity index (χ3v) is 5.28. The number of benzene rings is 2. The Labute approximate surface area is 150 Å². The van der Waals surface area contributed by atoms with Gasteiger partial charge in [-0.1, -0.05) is 6.07 Å². The zero-order valence-electron chi connectivity index (χ0n) is 13.9. The molecule has 26 heavy (non-hydrogen) atoms. The third-order valence-electron chi connectivity index (χ3n) is 4.04. The van der Waals surface area contributed by atoms with Crippen LogP contribution < -0.4 is 4.18 Å². The van der Waals surface area contributed by atoms with E-state index in [4.69, 9.17) is 4.18 Å². The Morgan fingerprint density at radius 2 is 1.85 bits per heavy atom. The first kappa shape index (κ1) is 17.9. The Morgan fingerprint density at radius 3 is 2.42 bits per heavy atom. The molecule has 1 aliphatic rings. The zero-order chi connectivity index (χ0) is 18.9. The van der Waals surface area contributed by atoms with E-state index in [0.717, 1.165) is 18.9 Å². The smallest absolute Gasteiger partial charge is 0.339 e. The van der Waals surface area contributed by atoms with Crippen molar-refractivity contribution in [2.45, 2.75) is 23.8 Å². The van der Waals surface area contributed by atoms with Crippen LogP contribution in [0, 0.1) is 10.1 Å². The second-order valence-electron chi connectivity index (χ2n) is 5.96. The van der Waals surface area contributed by atoms with E-state index >= 15 is 0 Å². The molecule has 1 fully saturated rings. The van der Waals surface area contributed by atoms with Gasteiger partial charge in [0.15, 0.2) is 0 Å². The number of non-ortho nitro benzene ring substituents is 1. The quantitative estimate of drug-likeness (QED) is 0.436. The van der Waals surface area contributed by atoms with E-state index in [-0.39, 0.29) is 28.3 Å². The van der Waals surface area contributed by atoms with Gasteiger partial charge in [0.2, 0.25) is 0 Å². The molecule has 1 aliphatic carbocycles. The van der Waals surface area contributed by atoms with Crippen molar-refractivity contribution in [2.24, 2.45) is 0 Å². The summed E-state index contributed by atoms with van der Waals surface area (Å²) in [4.78, 5) is 23.7. The molecule has 0 atom stereocenters. The molecule has 136 valence electrons. The molecule has 0 radical (unpaired) electrons. The molecule has 3 rings (SSSR count). The number of carbonyl (C=O) groups excluding carboxylic acids is 1. The van der Waals surface area contributed by atoms with Crippen molar-refractivity contribution < 1.29 is 22.3 Å². The number of carbonyl (C=O) groups is 1. The summed E-state index contributed by atoms with van der Waals surface area (Å²) in [6.07, 6.45) is 1.98. The van der Waals surface area contributed by atoms with Gasteiger partial charge in [-0.05, 0) is 43.2 Å². The van der Waals surface area contributed by atoms with Gasteiger partial charge in [-0.25, -0.2) is 0 Å². The Hall–Kier alpha value is -2.94. The fourth-order valence-electron chi connectivity index (χ4n) is 2.41. The molecule has 0 unspecified atom stereocenters. The topological polar surface area (TPSA) is 107 Å². The van der Waals surface area contributed by atoms with Gasteiger partial charge >= 0.3 is 10.1 Å². The van der Waals surface area contributed by atoms with Crippen molar-refractivity contribution in [1.82, 2.24) is 4.90 Å². The van der Waals surface area contributed by atoms with Crippen LogP contribution >= 0.6 is 0 Å². The molecule has 2 aromatic carbocycles. The van der Waals surface area contributed by atoms with Gasteiger partial charge in [-0.2, -0.15) is 8.42 Å². The predicted octanol–water partition coefficient (Wildman–Crippen LogP) is 2.60. The number of nitro benzene ring substituents is 1. The van der Waals surface area contributed by atoms with Crippen LogP contribution in [0.2, 0.25) is 0 Å². The first-order valence-corrected chi connectivity index (χ1v) is 9.25. The second-order valence-corrected chi connectivity index (χ2v) is 7.51. The van der Waals surface area contributed by atoms with Crippen LogP contribution in [0.3, 0.4) is 0 Å². The molecule has 0 heterocycles. The molecular formula is C17H16N2O6S. The lowest BCUT2D eigenvalue weighted by Crippen LogP contribution is -2.28. The summed E-state index contributed by atoms with van der Waals surface area (Å²) < 4.78 is 29.6. The van der Waals surface area contributed by atoms with Crippen LogP contribution in [0.25, 0.3) is 0 Å². The lowest BCUT2D eigenvalue weighted by atomic mass is 10.2. The highest BCUT2D eigenvalue weighted by molar-refractivity contribution is 7.87. The van der Waals surface area contributed by atoms with E-state index in [9.17, 15) is 23.3 Å². The van der Waals surface area contributed by atoms with Gasteiger partial charge in [0.1, 0.15) is 10.6 Å². The van der Waals surface area contributed by atoms with Gasteiger partial charge in [-0.15, -0.1) is 0 Å². The molecule has 1 saturated carbocycles. The third kappa shape index (κ3) is 3.83. The van der Waals surface area contributed by atoms with Crippen LogP contribution in [-0.2, 0) is 10.1 Å². The predicted molar refractivity (Wildman–Crippen MR) is 92.5 cm³/mol.